The molecule has 1 aromatic carbocycles. The number of hydrogen-bond acceptors (Lipinski definition) is 3. The first-order valence-electron chi connectivity index (χ1n) is 8.59. The summed E-state index contributed by atoms with van der Waals surface area (Å²) < 4.78 is 0. The van der Waals surface area contributed by atoms with Crippen LogP contribution in [0.5, 0.6) is 0 Å². The van der Waals surface area contributed by atoms with Crippen molar-refractivity contribution in [1.82, 2.24) is 15.2 Å². The topological polar surface area (TPSA) is 45.2 Å². The number of aromatic nitrogens is 1. The summed E-state index contributed by atoms with van der Waals surface area (Å²) in [5.41, 5.74) is 2.62. The van der Waals surface area contributed by atoms with Crippen LogP contribution in [0.4, 0.5) is 0 Å². The zero-order valence-corrected chi connectivity index (χ0v) is 13.6. The Balaban J connectivity index is 1.64. The standard InChI is InChI=1S/C19H23N3O/c1-13-10-17(16-4-2-3-5-18(16)21-13)19(23)22-8-6-14-11-20-12-15(14)7-9-22/h2-5,10,14-15,20H,6-9,11-12H2,1H3/t14-,15+. The molecular weight excluding hydrogens is 286 g/mol. The molecule has 2 aliphatic heterocycles. The summed E-state index contributed by atoms with van der Waals surface area (Å²) >= 11 is 0. The molecule has 1 amide bonds. The fourth-order valence-electron chi connectivity index (χ4n) is 4.08. The van der Waals surface area contributed by atoms with E-state index in [2.05, 4.69) is 15.2 Å². The number of carbonyl (C=O) groups is 1. The molecular formula is C19H23N3O. The van der Waals surface area contributed by atoms with E-state index < -0.39 is 0 Å². The summed E-state index contributed by atoms with van der Waals surface area (Å²) in [5, 5.41) is 4.45. The van der Waals surface area contributed by atoms with Crippen molar-refractivity contribution in [2.24, 2.45) is 11.8 Å². The quantitative estimate of drug-likeness (QED) is 0.881. The Kier molecular flexibility index (Phi) is 3.77. The van der Waals surface area contributed by atoms with Gasteiger partial charge in [-0.15, -0.1) is 0 Å². The molecule has 2 atom stereocenters. The molecule has 120 valence electrons. The van der Waals surface area contributed by atoms with Gasteiger partial charge < -0.3 is 10.2 Å². The third-order valence-corrected chi connectivity index (χ3v) is 5.38. The van der Waals surface area contributed by atoms with Crippen LogP contribution in [0.15, 0.2) is 30.3 Å². The minimum absolute atomic E-state index is 0.166. The lowest BCUT2D eigenvalue weighted by Crippen LogP contribution is -2.33. The number of rotatable bonds is 1. The van der Waals surface area contributed by atoms with E-state index in [1.807, 2.05) is 37.3 Å². The van der Waals surface area contributed by atoms with E-state index in [9.17, 15) is 4.79 Å². The molecule has 1 aromatic heterocycles. The Hall–Kier alpha value is -1.94. The number of nitrogens with zero attached hydrogens (tertiary/aromatic N) is 2. The summed E-state index contributed by atoms with van der Waals surface area (Å²) in [4.78, 5) is 19.7. The Morgan fingerprint density at radius 2 is 1.87 bits per heavy atom. The summed E-state index contributed by atoms with van der Waals surface area (Å²) in [6, 6.07) is 9.89. The molecule has 4 rings (SSSR count). The number of para-hydroxylation sites is 1. The van der Waals surface area contributed by atoms with Gasteiger partial charge in [-0.05, 0) is 56.8 Å². The second kappa shape index (κ2) is 5.93. The molecule has 1 N–H and O–H groups in total. The predicted octanol–water partition coefficient (Wildman–Crippen LogP) is 2.61. The van der Waals surface area contributed by atoms with E-state index in [1.165, 1.54) is 0 Å². The third kappa shape index (κ3) is 2.72. The van der Waals surface area contributed by atoms with Crippen molar-refractivity contribution < 1.29 is 4.79 Å². The first-order valence-corrected chi connectivity index (χ1v) is 8.59. The fourth-order valence-corrected chi connectivity index (χ4v) is 4.08. The van der Waals surface area contributed by atoms with E-state index in [0.29, 0.717) is 0 Å². The highest BCUT2D eigenvalue weighted by molar-refractivity contribution is 6.06. The molecule has 4 nitrogen and oxygen atoms in total. The molecule has 0 spiro atoms. The van der Waals surface area contributed by atoms with Gasteiger partial charge in [0.1, 0.15) is 0 Å². The number of amides is 1. The highest BCUT2D eigenvalue weighted by Crippen LogP contribution is 2.28. The van der Waals surface area contributed by atoms with Crippen LogP contribution in [0.25, 0.3) is 10.9 Å². The summed E-state index contributed by atoms with van der Waals surface area (Å²) in [5.74, 6) is 1.65. The SMILES string of the molecule is Cc1cc(C(=O)N2CC[C@@H]3CNC[C@@H]3CC2)c2ccccc2n1. The normalized spacial score (nSPS) is 24.5. The number of fused-ring (bicyclic) bond motifs is 2. The van der Waals surface area contributed by atoms with Crippen molar-refractivity contribution in [2.75, 3.05) is 26.2 Å². The predicted molar refractivity (Wildman–Crippen MR) is 91.5 cm³/mol. The van der Waals surface area contributed by atoms with Gasteiger partial charge in [0.2, 0.25) is 0 Å². The second-order valence-electron chi connectivity index (χ2n) is 6.88. The van der Waals surface area contributed by atoms with Crippen LogP contribution >= 0.6 is 0 Å². The molecule has 0 aliphatic carbocycles. The Morgan fingerprint density at radius 1 is 1.17 bits per heavy atom. The average molecular weight is 309 g/mol. The van der Waals surface area contributed by atoms with Crippen molar-refractivity contribution in [3.05, 3.63) is 41.6 Å². The van der Waals surface area contributed by atoms with Gasteiger partial charge in [-0.2, -0.15) is 0 Å². The highest BCUT2D eigenvalue weighted by atomic mass is 16.2. The van der Waals surface area contributed by atoms with Crippen LogP contribution < -0.4 is 5.32 Å². The maximum atomic E-state index is 13.1. The van der Waals surface area contributed by atoms with Gasteiger partial charge in [0.05, 0.1) is 11.1 Å². The zero-order chi connectivity index (χ0) is 15.8. The number of nitrogens with one attached hydrogen (secondary N) is 1. The van der Waals surface area contributed by atoms with E-state index in [4.69, 9.17) is 0 Å². The summed E-state index contributed by atoms with van der Waals surface area (Å²) in [7, 11) is 0. The van der Waals surface area contributed by atoms with E-state index in [0.717, 1.165) is 73.0 Å². The number of carbonyl (C=O) groups excluding carboxylic acids is 1. The average Bonchev–Trinajstić information content (AvgIpc) is 2.92. The Bertz CT molecular complexity index is 728. The monoisotopic (exact) mass is 309 g/mol. The van der Waals surface area contributed by atoms with Crippen molar-refractivity contribution in [3.63, 3.8) is 0 Å². The van der Waals surface area contributed by atoms with Crippen molar-refractivity contribution in [2.45, 2.75) is 19.8 Å². The van der Waals surface area contributed by atoms with Gasteiger partial charge in [-0.1, -0.05) is 18.2 Å². The molecule has 0 unspecified atom stereocenters. The van der Waals surface area contributed by atoms with Crippen molar-refractivity contribution in [1.29, 1.82) is 0 Å². The fraction of sp³-hybridized carbons (Fsp3) is 0.474. The number of pyridine rings is 1. The second-order valence-corrected chi connectivity index (χ2v) is 6.88. The first kappa shape index (κ1) is 14.6. The van der Waals surface area contributed by atoms with Crippen LogP contribution in [0, 0.1) is 18.8 Å². The van der Waals surface area contributed by atoms with Gasteiger partial charge in [-0.25, -0.2) is 0 Å². The van der Waals surface area contributed by atoms with E-state index in [-0.39, 0.29) is 5.91 Å². The van der Waals surface area contributed by atoms with Gasteiger partial charge in [0.25, 0.3) is 5.91 Å². The van der Waals surface area contributed by atoms with Crippen LogP contribution in [-0.4, -0.2) is 42.0 Å². The number of hydrogen-bond donors (Lipinski definition) is 1. The highest BCUT2D eigenvalue weighted by Gasteiger charge is 2.32. The number of aryl methyl sites for hydroxylation is 1. The van der Waals surface area contributed by atoms with Crippen molar-refractivity contribution in [3.8, 4) is 0 Å². The van der Waals surface area contributed by atoms with Crippen LogP contribution in [0.1, 0.15) is 28.9 Å². The van der Waals surface area contributed by atoms with Gasteiger partial charge in [0, 0.05) is 24.2 Å². The molecule has 0 saturated carbocycles. The summed E-state index contributed by atoms with van der Waals surface area (Å²) in [6.07, 6.45) is 2.23. The molecule has 23 heavy (non-hydrogen) atoms. The van der Waals surface area contributed by atoms with Crippen LogP contribution in [0.3, 0.4) is 0 Å². The zero-order valence-electron chi connectivity index (χ0n) is 13.6. The van der Waals surface area contributed by atoms with Crippen LogP contribution in [0.2, 0.25) is 0 Å². The lowest BCUT2D eigenvalue weighted by Gasteiger charge is -2.22. The minimum Gasteiger partial charge on any atom is -0.339 e. The first-order chi connectivity index (χ1) is 11.2. The largest absolute Gasteiger partial charge is 0.339 e. The molecule has 2 saturated heterocycles. The Labute approximate surface area is 136 Å². The number of benzene rings is 1. The molecule has 2 aliphatic rings. The molecule has 2 fully saturated rings. The molecule has 4 heteroatoms. The molecule has 0 bridgehead atoms. The van der Waals surface area contributed by atoms with E-state index >= 15 is 0 Å². The lowest BCUT2D eigenvalue weighted by atomic mass is 9.92. The third-order valence-electron chi connectivity index (χ3n) is 5.38. The smallest absolute Gasteiger partial charge is 0.254 e. The van der Waals surface area contributed by atoms with Crippen molar-refractivity contribution >= 4 is 16.8 Å². The molecule has 3 heterocycles. The number of likely N-dealkylation sites (tertiary alicyclic amines) is 1. The van der Waals surface area contributed by atoms with Gasteiger partial charge >= 0.3 is 0 Å². The van der Waals surface area contributed by atoms with Gasteiger partial charge in [-0.3, -0.25) is 9.78 Å². The van der Waals surface area contributed by atoms with Crippen LogP contribution in [-0.2, 0) is 0 Å². The maximum absolute atomic E-state index is 13.1. The minimum atomic E-state index is 0.166. The van der Waals surface area contributed by atoms with E-state index in [1.54, 1.807) is 0 Å². The van der Waals surface area contributed by atoms with Gasteiger partial charge in [0.15, 0.2) is 0 Å². The molecule has 2 aromatic rings. The summed E-state index contributed by atoms with van der Waals surface area (Å²) in [6.45, 7) is 5.93. The molecule has 0 radical (unpaired) electrons. The maximum Gasteiger partial charge on any atom is 0.254 e. The Morgan fingerprint density at radius 3 is 2.61 bits per heavy atom. The lowest BCUT2D eigenvalue weighted by molar-refractivity contribution is 0.0760.